The first-order valence-corrected chi connectivity index (χ1v) is 15.1. The van der Waals surface area contributed by atoms with Gasteiger partial charge in [0.1, 0.15) is 17.6 Å². The number of anilines is 2. The fraction of sp³-hybridized carbons (Fsp3) is 0.531. The Kier molecular flexibility index (Phi) is 11.8. The molecule has 4 rings (SSSR count). The molecule has 12 heteroatoms. The summed E-state index contributed by atoms with van der Waals surface area (Å²) in [6, 6.07) is 11.7. The van der Waals surface area contributed by atoms with E-state index in [0.717, 1.165) is 13.1 Å². The van der Waals surface area contributed by atoms with Crippen LogP contribution in [0.5, 0.6) is 11.5 Å². The minimum Gasteiger partial charge on any atom is -0.497 e. The van der Waals surface area contributed by atoms with Crippen molar-refractivity contribution in [2.75, 3.05) is 77.3 Å². The number of fused-ring (bicyclic) bond motifs is 1. The number of likely N-dealkylation sites (N-methyl/N-ethyl adjacent to an activating group) is 1. The maximum Gasteiger partial charge on any atom is 0.321 e. The van der Waals surface area contributed by atoms with E-state index in [1.165, 1.54) is 0 Å². The highest BCUT2D eigenvalue weighted by Gasteiger charge is 2.32. The number of carbonyl (C=O) groups is 3. The van der Waals surface area contributed by atoms with Crippen molar-refractivity contribution in [2.45, 2.75) is 38.8 Å². The van der Waals surface area contributed by atoms with E-state index in [4.69, 9.17) is 14.2 Å². The van der Waals surface area contributed by atoms with Crippen molar-refractivity contribution in [1.82, 2.24) is 14.7 Å². The van der Waals surface area contributed by atoms with Gasteiger partial charge >= 0.3 is 6.03 Å². The van der Waals surface area contributed by atoms with Crippen LogP contribution < -0.4 is 20.1 Å². The van der Waals surface area contributed by atoms with Crippen molar-refractivity contribution in [1.29, 1.82) is 0 Å². The van der Waals surface area contributed by atoms with Gasteiger partial charge in [-0.25, -0.2) is 4.79 Å². The van der Waals surface area contributed by atoms with E-state index in [-0.39, 0.29) is 43.3 Å². The Morgan fingerprint density at radius 2 is 1.82 bits per heavy atom. The molecule has 2 heterocycles. The molecule has 0 aliphatic carbocycles. The zero-order valence-corrected chi connectivity index (χ0v) is 26.1. The lowest BCUT2D eigenvalue weighted by Crippen LogP contribution is -2.48. The molecule has 0 spiro atoms. The summed E-state index contributed by atoms with van der Waals surface area (Å²) in [6.45, 7) is 7.81. The number of amides is 4. The van der Waals surface area contributed by atoms with Crippen molar-refractivity contribution in [3.8, 4) is 11.5 Å². The van der Waals surface area contributed by atoms with Gasteiger partial charge in [-0.3, -0.25) is 14.5 Å². The normalized spacial score (nSPS) is 19.8. The summed E-state index contributed by atoms with van der Waals surface area (Å²) in [5.74, 6) is 0.775. The van der Waals surface area contributed by atoms with E-state index in [0.29, 0.717) is 61.2 Å². The predicted molar refractivity (Wildman–Crippen MR) is 167 cm³/mol. The summed E-state index contributed by atoms with van der Waals surface area (Å²) >= 11 is 0. The Balaban J connectivity index is 1.49. The van der Waals surface area contributed by atoms with Crippen LogP contribution in [0.2, 0.25) is 0 Å². The summed E-state index contributed by atoms with van der Waals surface area (Å²) < 4.78 is 17.1. The molecule has 0 aromatic heterocycles. The summed E-state index contributed by atoms with van der Waals surface area (Å²) in [4.78, 5) is 44.7. The molecule has 4 amide bonds. The van der Waals surface area contributed by atoms with Gasteiger partial charge in [0, 0.05) is 62.5 Å². The molecular formula is C32H45N5O7. The third-order valence-corrected chi connectivity index (χ3v) is 8.10. The third-order valence-electron chi connectivity index (χ3n) is 8.10. The van der Waals surface area contributed by atoms with E-state index in [1.54, 1.807) is 73.3 Å². The number of carbonyl (C=O) groups excluding carboxylic acids is 3. The summed E-state index contributed by atoms with van der Waals surface area (Å²) in [6.07, 6.45) is -0.0722. The Hall–Kier alpha value is -3.87. The van der Waals surface area contributed by atoms with E-state index < -0.39 is 12.1 Å². The molecule has 240 valence electrons. The average molecular weight is 612 g/mol. The fourth-order valence-corrected chi connectivity index (χ4v) is 5.28. The fourth-order valence-electron chi connectivity index (χ4n) is 5.28. The van der Waals surface area contributed by atoms with Gasteiger partial charge in [-0.05, 0) is 49.4 Å². The molecule has 44 heavy (non-hydrogen) atoms. The molecule has 2 aromatic carbocycles. The molecule has 3 N–H and O–H groups in total. The topological polar surface area (TPSA) is 133 Å². The Labute approximate surface area is 259 Å². The summed E-state index contributed by atoms with van der Waals surface area (Å²) in [5.41, 5.74) is 1.83. The van der Waals surface area contributed by atoms with Crippen molar-refractivity contribution in [2.24, 2.45) is 5.92 Å². The van der Waals surface area contributed by atoms with Crippen LogP contribution in [0.25, 0.3) is 0 Å². The van der Waals surface area contributed by atoms with E-state index in [9.17, 15) is 19.5 Å². The third kappa shape index (κ3) is 9.07. The highest BCUT2D eigenvalue weighted by molar-refractivity contribution is 5.91. The monoisotopic (exact) mass is 611 g/mol. The number of urea groups is 1. The quantitative estimate of drug-likeness (QED) is 0.374. The first-order chi connectivity index (χ1) is 21.2. The molecule has 1 fully saturated rings. The highest BCUT2D eigenvalue weighted by Crippen LogP contribution is 2.29. The van der Waals surface area contributed by atoms with Crippen LogP contribution in [0, 0.1) is 5.92 Å². The van der Waals surface area contributed by atoms with Crippen molar-refractivity contribution >= 4 is 29.2 Å². The zero-order chi connectivity index (χ0) is 31.6. The standard InChI is InChI=1S/C32H45N5O7/c1-22-19-37(23(2)21-38)31(40)18-24-17-26(33-30(39)11-12-36-13-15-43-16-14-36)7-10-28(24)44-29(22)20-35(3)32(41)34-25-5-8-27(42-4)9-6-25/h5-10,17,22-23,29,38H,11-16,18-21H2,1-4H3,(H,33,39)(H,34,41)/t22-,23+,29-/m0/s1. The van der Waals surface area contributed by atoms with Crippen molar-refractivity contribution in [3.05, 3.63) is 48.0 Å². The highest BCUT2D eigenvalue weighted by atomic mass is 16.5. The van der Waals surface area contributed by atoms with Gasteiger partial charge in [-0.1, -0.05) is 6.92 Å². The van der Waals surface area contributed by atoms with Gasteiger partial charge in [0.25, 0.3) is 0 Å². The van der Waals surface area contributed by atoms with Gasteiger partial charge in [-0.15, -0.1) is 0 Å². The van der Waals surface area contributed by atoms with Crippen LogP contribution in [0.3, 0.4) is 0 Å². The minimum atomic E-state index is -0.464. The first kappa shape index (κ1) is 33.0. The molecule has 0 saturated carbocycles. The number of hydrogen-bond donors (Lipinski definition) is 3. The number of methoxy groups -OCH3 is 1. The SMILES string of the molecule is COc1ccc(NC(=O)N(C)C[C@@H]2Oc3ccc(NC(=O)CCN4CCOCC4)cc3CC(=O)N([C@H](C)CO)C[C@@H]2C)cc1. The average Bonchev–Trinajstić information content (AvgIpc) is 3.07. The summed E-state index contributed by atoms with van der Waals surface area (Å²) in [5, 5.41) is 15.8. The van der Waals surface area contributed by atoms with Gasteiger partial charge in [-0.2, -0.15) is 0 Å². The van der Waals surface area contributed by atoms with E-state index >= 15 is 0 Å². The van der Waals surface area contributed by atoms with Crippen molar-refractivity contribution < 1.29 is 33.7 Å². The molecule has 1 saturated heterocycles. The van der Waals surface area contributed by atoms with Crippen LogP contribution in [-0.4, -0.2) is 116 Å². The molecule has 2 aromatic rings. The lowest BCUT2D eigenvalue weighted by atomic mass is 10.0. The molecule has 0 bridgehead atoms. The molecule has 0 unspecified atom stereocenters. The van der Waals surface area contributed by atoms with Crippen LogP contribution in [0.15, 0.2) is 42.5 Å². The van der Waals surface area contributed by atoms with Gasteiger partial charge < -0.3 is 39.8 Å². The van der Waals surface area contributed by atoms with E-state index in [2.05, 4.69) is 15.5 Å². The van der Waals surface area contributed by atoms with Gasteiger partial charge in [0.05, 0.1) is 45.9 Å². The summed E-state index contributed by atoms with van der Waals surface area (Å²) in [7, 11) is 3.27. The van der Waals surface area contributed by atoms with Crippen molar-refractivity contribution in [3.63, 3.8) is 0 Å². The molecule has 3 atom stereocenters. The second-order valence-electron chi connectivity index (χ2n) is 11.5. The molecule has 0 radical (unpaired) electrons. The maximum atomic E-state index is 13.5. The largest absolute Gasteiger partial charge is 0.497 e. The number of benzene rings is 2. The number of aliphatic hydroxyl groups is 1. The first-order valence-electron chi connectivity index (χ1n) is 15.1. The lowest BCUT2D eigenvalue weighted by molar-refractivity contribution is -0.134. The number of aliphatic hydroxyl groups excluding tert-OH is 1. The van der Waals surface area contributed by atoms with Gasteiger partial charge in [0.15, 0.2) is 0 Å². The molecule has 12 nitrogen and oxygen atoms in total. The Bertz CT molecular complexity index is 1270. The number of ether oxygens (including phenoxy) is 3. The molecule has 2 aliphatic heterocycles. The maximum absolute atomic E-state index is 13.5. The lowest BCUT2D eigenvalue weighted by Gasteiger charge is -2.34. The van der Waals surface area contributed by atoms with Crippen LogP contribution in [0.4, 0.5) is 16.2 Å². The number of rotatable bonds is 10. The van der Waals surface area contributed by atoms with Gasteiger partial charge in [0.2, 0.25) is 11.8 Å². The second-order valence-corrected chi connectivity index (χ2v) is 11.5. The van der Waals surface area contributed by atoms with Crippen LogP contribution in [0.1, 0.15) is 25.8 Å². The number of nitrogens with one attached hydrogen (secondary N) is 2. The smallest absolute Gasteiger partial charge is 0.321 e. The van der Waals surface area contributed by atoms with Crippen LogP contribution >= 0.6 is 0 Å². The number of morpholine rings is 1. The minimum absolute atomic E-state index is 0.0460. The predicted octanol–water partition coefficient (Wildman–Crippen LogP) is 2.67. The number of nitrogens with zero attached hydrogens (tertiary/aromatic N) is 3. The Morgan fingerprint density at radius 3 is 2.50 bits per heavy atom. The zero-order valence-electron chi connectivity index (χ0n) is 26.1. The van der Waals surface area contributed by atoms with E-state index in [1.807, 2.05) is 6.92 Å². The second kappa shape index (κ2) is 15.7. The number of hydrogen-bond acceptors (Lipinski definition) is 8. The molecule has 2 aliphatic rings. The van der Waals surface area contributed by atoms with Crippen LogP contribution in [-0.2, 0) is 20.7 Å². The Morgan fingerprint density at radius 1 is 1.11 bits per heavy atom. The molecular weight excluding hydrogens is 566 g/mol.